The third-order valence-corrected chi connectivity index (χ3v) is 7.42. The van der Waals surface area contributed by atoms with Gasteiger partial charge >= 0.3 is 5.97 Å². The van der Waals surface area contributed by atoms with Gasteiger partial charge in [0.15, 0.2) is 5.78 Å². The number of hydrogen-bond acceptors (Lipinski definition) is 8. The van der Waals surface area contributed by atoms with Crippen molar-refractivity contribution in [2.24, 2.45) is 11.7 Å². The van der Waals surface area contributed by atoms with Crippen LogP contribution in [0.1, 0.15) is 55.5 Å². The van der Waals surface area contributed by atoms with Crippen molar-refractivity contribution in [3.05, 3.63) is 112 Å². The number of carbonyl (C=O) groups excluding carboxylic acids is 3. The molecule has 0 saturated heterocycles. The summed E-state index contributed by atoms with van der Waals surface area (Å²) in [5, 5.41) is 2.05. The molecule has 3 N–H and O–H groups in total. The smallest absolute Gasteiger partial charge is 0.338 e. The number of nitrogens with two attached hydrogens (primary N) is 1. The van der Waals surface area contributed by atoms with E-state index in [-0.39, 0.29) is 52.8 Å². The molecule has 10 heteroatoms. The molecule has 10 nitrogen and oxygen atoms in total. The number of ether oxygens (including phenoxy) is 1. The van der Waals surface area contributed by atoms with Crippen LogP contribution in [0.4, 0.5) is 0 Å². The predicted molar refractivity (Wildman–Crippen MR) is 158 cm³/mol. The fraction of sp³-hybridized carbons (Fsp3) is 0.281. The van der Waals surface area contributed by atoms with Crippen LogP contribution in [-0.2, 0) is 20.9 Å². The summed E-state index contributed by atoms with van der Waals surface area (Å²) in [6.45, 7) is 9.34. The molecule has 2 aromatic heterocycles. The number of esters is 1. The summed E-state index contributed by atoms with van der Waals surface area (Å²) in [5.74, 6) is -2.81. The van der Waals surface area contributed by atoms with Gasteiger partial charge in [0.25, 0.3) is 11.5 Å². The number of ketones is 1. The van der Waals surface area contributed by atoms with Gasteiger partial charge in [-0.15, -0.1) is 6.58 Å². The second-order valence-electron chi connectivity index (χ2n) is 10.9. The number of amides is 1. The van der Waals surface area contributed by atoms with Crippen LogP contribution in [-0.4, -0.2) is 38.3 Å². The van der Waals surface area contributed by atoms with E-state index in [1.54, 1.807) is 30.6 Å². The number of nitrogens with zero attached hydrogens (tertiary/aromatic N) is 3. The minimum absolute atomic E-state index is 0.0665. The number of hydrogen-bond donors (Lipinski definition) is 2. The monoisotopic (exact) mass is 567 g/mol. The average Bonchev–Trinajstić information content (AvgIpc) is 2.95. The van der Waals surface area contributed by atoms with Crippen LogP contribution in [0.2, 0.25) is 0 Å². The molecule has 1 amide bonds. The number of fused-ring (bicyclic) bond motifs is 1. The molecule has 0 spiro atoms. The van der Waals surface area contributed by atoms with Gasteiger partial charge in [0.2, 0.25) is 0 Å². The van der Waals surface area contributed by atoms with Gasteiger partial charge in [0.05, 0.1) is 28.8 Å². The van der Waals surface area contributed by atoms with Crippen LogP contribution < -0.4 is 16.7 Å². The summed E-state index contributed by atoms with van der Waals surface area (Å²) >= 11 is 0. The highest BCUT2D eigenvalue weighted by molar-refractivity contribution is 6.04. The number of rotatable bonds is 7. The lowest BCUT2D eigenvalue weighted by atomic mass is 9.73. The summed E-state index contributed by atoms with van der Waals surface area (Å²) < 4.78 is 7.17. The minimum Gasteiger partial charge on any atom is -0.459 e. The maximum Gasteiger partial charge on any atom is 0.338 e. The molecule has 3 aromatic rings. The summed E-state index contributed by atoms with van der Waals surface area (Å²) in [5.41, 5.74) is 10.9. The number of para-hydroxylation sites is 1. The number of allylic oxidation sites excluding steroid dienone is 3. The van der Waals surface area contributed by atoms with Gasteiger partial charge in [0, 0.05) is 42.1 Å². The average molecular weight is 568 g/mol. The zero-order valence-electron chi connectivity index (χ0n) is 23.8. The Morgan fingerprint density at radius 1 is 1.17 bits per heavy atom. The number of carbonyl (C=O) groups is 3. The van der Waals surface area contributed by atoms with Crippen molar-refractivity contribution in [3.63, 3.8) is 0 Å². The van der Waals surface area contributed by atoms with Crippen molar-refractivity contribution in [1.82, 2.24) is 20.0 Å². The molecule has 42 heavy (non-hydrogen) atoms. The molecule has 5 rings (SSSR count). The Labute approximate surface area is 243 Å². The van der Waals surface area contributed by atoms with E-state index in [0.717, 1.165) is 5.39 Å². The predicted octanol–water partition coefficient (Wildman–Crippen LogP) is 3.70. The van der Waals surface area contributed by atoms with Gasteiger partial charge in [-0.1, -0.05) is 31.2 Å². The van der Waals surface area contributed by atoms with Gasteiger partial charge in [-0.25, -0.2) is 9.80 Å². The largest absolute Gasteiger partial charge is 0.459 e. The first-order valence-electron chi connectivity index (χ1n) is 13.8. The Morgan fingerprint density at radius 2 is 1.88 bits per heavy atom. The maximum absolute atomic E-state index is 14.1. The van der Waals surface area contributed by atoms with Crippen LogP contribution in [0.5, 0.6) is 0 Å². The van der Waals surface area contributed by atoms with Crippen LogP contribution >= 0.6 is 0 Å². The second kappa shape index (κ2) is 11.5. The Balaban J connectivity index is 1.78. The Bertz CT molecular complexity index is 1720. The number of Topliss-reactive ketones (excluding diaryl/α,β-unsaturated/α-hetero) is 1. The lowest BCUT2D eigenvalue weighted by Gasteiger charge is -2.41. The SMILES string of the molecule is C=CCn1c(=O)c(C2C(C(=O)OC(C)C)=C(N)N(NC(=O)c3ccncc3)C3=C2C(=O)CC(C)C3)cc2ccccc21. The highest BCUT2D eigenvalue weighted by atomic mass is 16.5. The maximum atomic E-state index is 14.1. The van der Waals surface area contributed by atoms with Crippen molar-refractivity contribution in [3.8, 4) is 0 Å². The molecule has 216 valence electrons. The van der Waals surface area contributed by atoms with Gasteiger partial charge in [-0.05, 0) is 55.8 Å². The van der Waals surface area contributed by atoms with Crippen molar-refractivity contribution in [2.75, 3.05) is 0 Å². The third kappa shape index (κ3) is 5.11. The van der Waals surface area contributed by atoms with Crippen LogP contribution in [0, 0.1) is 5.92 Å². The van der Waals surface area contributed by atoms with Crippen LogP contribution in [0.3, 0.4) is 0 Å². The number of benzene rings is 1. The van der Waals surface area contributed by atoms with E-state index in [2.05, 4.69) is 17.0 Å². The summed E-state index contributed by atoms with van der Waals surface area (Å²) in [4.78, 5) is 59.0. The highest BCUT2D eigenvalue weighted by Crippen LogP contribution is 2.45. The second-order valence-corrected chi connectivity index (χ2v) is 10.9. The molecule has 1 aliphatic carbocycles. The van der Waals surface area contributed by atoms with E-state index >= 15 is 0 Å². The zero-order valence-corrected chi connectivity index (χ0v) is 23.8. The first kappa shape index (κ1) is 28.5. The minimum atomic E-state index is -1.10. The van der Waals surface area contributed by atoms with Gasteiger partial charge in [0.1, 0.15) is 5.82 Å². The van der Waals surface area contributed by atoms with Crippen LogP contribution in [0.25, 0.3) is 10.9 Å². The number of aromatic nitrogens is 2. The molecule has 2 aliphatic rings. The number of pyridine rings is 2. The molecule has 0 saturated carbocycles. The topological polar surface area (TPSA) is 137 Å². The van der Waals surface area contributed by atoms with E-state index in [9.17, 15) is 19.2 Å². The van der Waals surface area contributed by atoms with E-state index in [1.165, 1.54) is 29.5 Å². The van der Waals surface area contributed by atoms with Crippen molar-refractivity contribution in [2.45, 2.75) is 52.2 Å². The fourth-order valence-electron chi connectivity index (χ4n) is 5.67. The molecule has 3 heterocycles. The molecule has 0 fully saturated rings. The molecular weight excluding hydrogens is 534 g/mol. The molecule has 2 unspecified atom stereocenters. The van der Waals surface area contributed by atoms with Gasteiger partial charge in [-0.3, -0.25) is 24.8 Å². The molecule has 2 atom stereocenters. The standard InChI is InChI=1S/C32H33N5O5/c1-5-14-36-23-9-7-6-8-21(23)17-22(31(36)40)26-27-24(15-19(4)16-25(27)38)37(29(33)28(26)32(41)42-18(2)3)35-30(39)20-10-12-34-13-11-20/h5-13,17-19,26H,1,14-16,33H2,2-4H3,(H,35,39). The van der Waals surface area contributed by atoms with E-state index in [4.69, 9.17) is 10.5 Å². The first-order chi connectivity index (χ1) is 20.1. The summed E-state index contributed by atoms with van der Waals surface area (Å²) in [6.07, 6.45) is 4.67. The molecule has 0 bridgehead atoms. The Kier molecular flexibility index (Phi) is 7.80. The zero-order chi connectivity index (χ0) is 30.1. The summed E-state index contributed by atoms with van der Waals surface area (Å²) in [7, 11) is 0. The molecule has 0 radical (unpaired) electrons. The Hall–Kier alpha value is -4.99. The quantitative estimate of drug-likeness (QED) is 0.326. The number of nitrogens with one attached hydrogen (secondary N) is 1. The lowest BCUT2D eigenvalue weighted by Crippen LogP contribution is -2.50. The highest BCUT2D eigenvalue weighted by Gasteiger charge is 2.45. The third-order valence-electron chi connectivity index (χ3n) is 7.42. The normalized spacial score (nSPS) is 18.8. The Morgan fingerprint density at radius 3 is 2.57 bits per heavy atom. The van der Waals surface area contributed by atoms with E-state index in [1.807, 2.05) is 31.2 Å². The van der Waals surface area contributed by atoms with E-state index in [0.29, 0.717) is 23.2 Å². The molecule has 1 aliphatic heterocycles. The van der Waals surface area contributed by atoms with Gasteiger partial charge < -0.3 is 15.0 Å². The summed E-state index contributed by atoms with van der Waals surface area (Å²) in [6, 6.07) is 12.2. The number of hydrazine groups is 1. The van der Waals surface area contributed by atoms with Crippen molar-refractivity contribution in [1.29, 1.82) is 0 Å². The lowest BCUT2D eigenvalue weighted by molar-refractivity contribution is -0.143. The van der Waals surface area contributed by atoms with Gasteiger partial charge in [-0.2, -0.15) is 0 Å². The van der Waals surface area contributed by atoms with Crippen molar-refractivity contribution < 1.29 is 19.1 Å². The molecule has 1 aromatic carbocycles. The van der Waals surface area contributed by atoms with Crippen molar-refractivity contribution >= 4 is 28.6 Å². The van der Waals surface area contributed by atoms with Crippen LogP contribution in [0.15, 0.2) is 95.0 Å². The first-order valence-corrected chi connectivity index (χ1v) is 13.8. The molecular formula is C32H33N5O5. The van der Waals surface area contributed by atoms with E-state index < -0.39 is 23.9 Å². The fourth-order valence-corrected chi connectivity index (χ4v) is 5.67.